The van der Waals surface area contributed by atoms with Crippen LogP contribution in [0, 0.1) is 0 Å². The van der Waals surface area contributed by atoms with Gasteiger partial charge in [-0.15, -0.1) is 0 Å². The van der Waals surface area contributed by atoms with Crippen molar-refractivity contribution in [1.29, 1.82) is 0 Å². The lowest BCUT2D eigenvalue weighted by Gasteiger charge is -2.17. The standard InChI is InChI=1S/C27H23BrN6O2/c1-33-25-7-6-22(16-24(25)32-27(33)31-21-4-2-20(28)3-5-21)36-23-10-14-30-26(17-23)34(18-35)15-11-19-8-12-29-13-9-19/h2-10,12-14,16-18H,11,15H2,1H3,(H,31,32). The Morgan fingerprint density at radius 1 is 1.00 bits per heavy atom. The molecule has 0 saturated heterocycles. The van der Waals surface area contributed by atoms with Crippen molar-refractivity contribution in [2.24, 2.45) is 7.05 Å². The number of amides is 1. The fourth-order valence-electron chi connectivity index (χ4n) is 3.79. The molecule has 3 aromatic heterocycles. The number of carbonyl (C=O) groups excluding carboxylic acids is 1. The van der Waals surface area contributed by atoms with Gasteiger partial charge >= 0.3 is 0 Å². The molecule has 0 unspecified atom stereocenters. The van der Waals surface area contributed by atoms with E-state index < -0.39 is 0 Å². The number of fused-ring (bicyclic) bond motifs is 1. The number of pyridine rings is 2. The fourth-order valence-corrected chi connectivity index (χ4v) is 4.06. The second-order valence-corrected chi connectivity index (χ2v) is 9.05. The third-order valence-electron chi connectivity index (χ3n) is 5.72. The molecule has 0 radical (unpaired) electrons. The summed E-state index contributed by atoms with van der Waals surface area (Å²) in [6.45, 7) is 0.498. The number of imidazole rings is 1. The molecular weight excluding hydrogens is 520 g/mol. The van der Waals surface area contributed by atoms with Crippen LogP contribution in [0.5, 0.6) is 11.5 Å². The van der Waals surface area contributed by atoms with Gasteiger partial charge in [0.15, 0.2) is 0 Å². The molecular formula is C27H23BrN6O2. The van der Waals surface area contributed by atoms with Gasteiger partial charge in [0.2, 0.25) is 12.4 Å². The number of benzene rings is 2. The Morgan fingerprint density at radius 2 is 1.78 bits per heavy atom. The van der Waals surface area contributed by atoms with E-state index in [-0.39, 0.29) is 0 Å². The van der Waals surface area contributed by atoms with Crippen molar-refractivity contribution < 1.29 is 9.53 Å². The number of aryl methyl sites for hydroxylation is 1. The number of hydrogen-bond donors (Lipinski definition) is 1. The number of hydrogen-bond acceptors (Lipinski definition) is 6. The molecule has 0 fully saturated rings. The fraction of sp³-hybridized carbons (Fsp3) is 0.111. The molecule has 1 N–H and O–H groups in total. The molecule has 0 aliphatic carbocycles. The van der Waals surface area contributed by atoms with Gasteiger partial charge in [0, 0.05) is 54.5 Å². The smallest absolute Gasteiger partial charge is 0.215 e. The Labute approximate surface area is 216 Å². The molecule has 1 amide bonds. The monoisotopic (exact) mass is 542 g/mol. The Balaban J connectivity index is 1.31. The molecule has 0 aliphatic heterocycles. The predicted octanol–water partition coefficient (Wildman–Crippen LogP) is 5.87. The van der Waals surface area contributed by atoms with Crippen LogP contribution in [0.25, 0.3) is 11.0 Å². The Morgan fingerprint density at radius 3 is 2.56 bits per heavy atom. The minimum Gasteiger partial charge on any atom is -0.457 e. The second-order valence-electron chi connectivity index (χ2n) is 8.13. The number of halogens is 1. The van der Waals surface area contributed by atoms with Gasteiger partial charge in [-0.25, -0.2) is 9.97 Å². The van der Waals surface area contributed by atoms with Crippen molar-refractivity contribution in [2.75, 3.05) is 16.8 Å². The number of ether oxygens (including phenoxy) is 1. The molecule has 2 aromatic carbocycles. The SMILES string of the molecule is Cn1c(Nc2ccc(Br)cc2)nc2cc(Oc3ccnc(N(C=O)CCc4ccncc4)c3)ccc21. The van der Waals surface area contributed by atoms with E-state index in [9.17, 15) is 4.79 Å². The molecule has 9 heteroatoms. The summed E-state index contributed by atoms with van der Waals surface area (Å²) in [6, 6.07) is 21.1. The summed E-state index contributed by atoms with van der Waals surface area (Å²) in [7, 11) is 1.96. The molecule has 5 aromatic rings. The highest BCUT2D eigenvalue weighted by Crippen LogP contribution is 2.29. The van der Waals surface area contributed by atoms with Gasteiger partial charge in [-0.1, -0.05) is 15.9 Å². The highest BCUT2D eigenvalue weighted by molar-refractivity contribution is 9.10. The lowest BCUT2D eigenvalue weighted by atomic mass is 10.2. The lowest BCUT2D eigenvalue weighted by molar-refractivity contribution is -0.107. The average molecular weight is 543 g/mol. The quantitative estimate of drug-likeness (QED) is 0.234. The van der Waals surface area contributed by atoms with Gasteiger partial charge in [-0.05, 0) is 66.6 Å². The molecule has 0 spiro atoms. The molecule has 36 heavy (non-hydrogen) atoms. The van der Waals surface area contributed by atoms with Crippen LogP contribution in [0.1, 0.15) is 5.56 Å². The topological polar surface area (TPSA) is 85.2 Å². The first-order valence-electron chi connectivity index (χ1n) is 11.3. The van der Waals surface area contributed by atoms with Crippen molar-refractivity contribution in [1.82, 2.24) is 19.5 Å². The summed E-state index contributed by atoms with van der Waals surface area (Å²) in [4.78, 5) is 26.4. The zero-order chi connectivity index (χ0) is 24.9. The Bertz CT molecular complexity index is 1490. The normalized spacial score (nSPS) is 10.8. The van der Waals surface area contributed by atoms with E-state index in [2.05, 4.69) is 31.2 Å². The van der Waals surface area contributed by atoms with E-state index in [1.807, 2.05) is 66.2 Å². The zero-order valence-corrected chi connectivity index (χ0v) is 21.1. The second kappa shape index (κ2) is 10.6. The van der Waals surface area contributed by atoms with Crippen LogP contribution in [-0.2, 0) is 18.3 Å². The van der Waals surface area contributed by atoms with Gasteiger partial charge in [0.1, 0.15) is 17.3 Å². The van der Waals surface area contributed by atoms with Crippen LogP contribution < -0.4 is 15.0 Å². The van der Waals surface area contributed by atoms with Crippen LogP contribution in [0.4, 0.5) is 17.5 Å². The van der Waals surface area contributed by atoms with E-state index in [1.54, 1.807) is 35.6 Å². The minimum absolute atomic E-state index is 0.498. The number of nitrogens with zero attached hydrogens (tertiary/aromatic N) is 5. The van der Waals surface area contributed by atoms with E-state index in [0.717, 1.165) is 39.1 Å². The van der Waals surface area contributed by atoms with E-state index >= 15 is 0 Å². The maximum absolute atomic E-state index is 11.7. The Hall–Kier alpha value is -4.24. The number of aromatic nitrogens is 4. The molecule has 5 rings (SSSR count). The van der Waals surface area contributed by atoms with Crippen LogP contribution in [0.15, 0.2) is 89.8 Å². The number of nitrogens with one attached hydrogen (secondary N) is 1. The van der Waals surface area contributed by atoms with Crippen molar-refractivity contribution in [3.8, 4) is 11.5 Å². The zero-order valence-electron chi connectivity index (χ0n) is 19.5. The van der Waals surface area contributed by atoms with Crippen molar-refractivity contribution in [2.45, 2.75) is 6.42 Å². The van der Waals surface area contributed by atoms with Crippen molar-refractivity contribution in [3.05, 3.63) is 95.4 Å². The van der Waals surface area contributed by atoms with E-state index in [4.69, 9.17) is 9.72 Å². The molecule has 0 saturated carbocycles. The first kappa shape index (κ1) is 23.5. The van der Waals surface area contributed by atoms with Crippen LogP contribution in [0.2, 0.25) is 0 Å². The molecule has 0 aliphatic rings. The van der Waals surface area contributed by atoms with Gasteiger partial charge in [-0.3, -0.25) is 14.7 Å². The first-order valence-corrected chi connectivity index (χ1v) is 12.1. The summed E-state index contributed by atoms with van der Waals surface area (Å²) in [5.74, 6) is 2.48. The third-order valence-corrected chi connectivity index (χ3v) is 6.25. The van der Waals surface area contributed by atoms with Crippen molar-refractivity contribution in [3.63, 3.8) is 0 Å². The molecule has 3 heterocycles. The summed E-state index contributed by atoms with van der Waals surface area (Å²) in [5, 5.41) is 3.35. The highest BCUT2D eigenvalue weighted by atomic mass is 79.9. The van der Waals surface area contributed by atoms with Crippen LogP contribution in [-0.4, -0.2) is 32.5 Å². The maximum atomic E-state index is 11.7. The van der Waals surface area contributed by atoms with E-state index in [1.165, 1.54) is 0 Å². The van der Waals surface area contributed by atoms with Gasteiger partial charge < -0.3 is 14.6 Å². The third kappa shape index (κ3) is 5.36. The molecule has 8 nitrogen and oxygen atoms in total. The molecule has 0 bridgehead atoms. The molecule has 0 atom stereocenters. The largest absolute Gasteiger partial charge is 0.457 e. The number of rotatable bonds is 9. The summed E-state index contributed by atoms with van der Waals surface area (Å²) in [6.07, 6.45) is 6.60. The highest BCUT2D eigenvalue weighted by Gasteiger charge is 2.12. The molecule has 180 valence electrons. The average Bonchev–Trinajstić information content (AvgIpc) is 3.21. The number of carbonyl (C=O) groups is 1. The number of anilines is 3. The maximum Gasteiger partial charge on any atom is 0.215 e. The van der Waals surface area contributed by atoms with Crippen LogP contribution >= 0.6 is 15.9 Å². The summed E-state index contributed by atoms with van der Waals surface area (Å²) in [5.41, 5.74) is 3.82. The van der Waals surface area contributed by atoms with Crippen molar-refractivity contribution >= 4 is 50.8 Å². The van der Waals surface area contributed by atoms with Gasteiger partial charge in [0.05, 0.1) is 11.0 Å². The summed E-state index contributed by atoms with van der Waals surface area (Å²) < 4.78 is 9.11. The predicted molar refractivity (Wildman–Crippen MR) is 144 cm³/mol. The first-order chi connectivity index (χ1) is 17.6. The Kier molecular flexibility index (Phi) is 6.90. The van der Waals surface area contributed by atoms with Gasteiger partial charge in [0.25, 0.3) is 0 Å². The van der Waals surface area contributed by atoms with Crippen LogP contribution in [0.3, 0.4) is 0 Å². The summed E-state index contributed by atoms with van der Waals surface area (Å²) >= 11 is 3.45. The minimum atomic E-state index is 0.498. The van der Waals surface area contributed by atoms with Gasteiger partial charge in [-0.2, -0.15) is 0 Å². The lowest BCUT2D eigenvalue weighted by Crippen LogP contribution is -2.24. The van der Waals surface area contributed by atoms with E-state index in [0.29, 0.717) is 30.3 Å².